The van der Waals surface area contributed by atoms with Crippen LogP contribution in [0.4, 0.5) is 0 Å². The summed E-state index contributed by atoms with van der Waals surface area (Å²) in [5.41, 5.74) is 5.91. The Morgan fingerprint density at radius 3 is 1.93 bits per heavy atom. The number of nitrogens with one attached hydrogen (secondary N) is 2. The van der Waals surface area contributed by atoms with Crippen LogP contribution in [0, 0.1) is 0 Å². The molecule has 2 amide bonds. The van der Waals surface area contributed by atoms with Crippen LogP contribution in [0.3, 0.4) is 0 Å². The summed E-state index contributed by atoms with van der Waals surface area (Å²) in [6, 6.07) is 29.7. The van der Waals surface area contributed by atoms with Crippen molar-refractivity contribution in [2.75, 3.05) is 41.3 Å². The second kappa shape index (κ2) is 15.8. The maximum atomic E-state index is 14.0. The summed E-state index contributed by atoms with van der Waals surface area (Å²) >= 11 is 0. The third-order valence-electron chi connectivity index (χ3n) is 10.3. The van der Waals surface area contributed by atoms with Gasteiger partial charge >= 0.3 is 0 Å². The zero-order chi connectivity index (χ0) is 37.9. The number of rotatable bonds is 13. The Bertz CT molecular complexity index is 2260. The van der Waals surface area contributed by atoms with Crippen LogP contribution >= 0.6 is 0 Å². The molecule has 0 unspecified atom stereocenters. The predicted molar refractivity (Wildman–Crippen MR) is 211 cm³/mol. The van der Waals surface area contributed by atoms with Crippen molar-refractivity contribution < 1.29 is 14.4 Å². The molecule has 1 saturated heterocycles. The fourth-order valence-corrected chi connectivity index (χ4v) is 7.73. The Balaban J connectivity index is 1.09. The number of likely N-dealkylation sites (N-methyl/N-ethyl adjacent to an activating group) is 2. The van der Waals surface area contributed by atoms with E-state index in [2.05, 4.69) is 16.9 Å². The van der Waals surface area contributed by atoms with Gasteiger partial charge in [0.05, 0.1) is 34.7 Å². The van der Waals surface area contributed by atoms with Crippen molar-refractivity contribution in [1.82, 2.24) is 39.5 Å². The molecule has 54 heavy (non-hydrogen) atoms. The monoisotopic (exact) mass is 724 g/mol. The molecule has 4 aromatic carbocycles. The van der Waals surface area contributed by atoms with E-state index in [4.69, 9.17) is 9.97 Å². The molecule has 0 aliphatic carbocycles. The minimum absolute atomic E-state index is 0.0129. The number of amides is 2. The molecule has 11 nitrogen and oxygen atoms in total. The van der Waals surface area contributed by atoms with Gasteiger partial charge in [0.15, 0.2) is 5.78 Å². The molecule has 0 saturated carbocycles. The van der Waals surface area contributed by atoms with Crippen molar-refractivity contribution in [1.29, 1.82) is 0 Å². The highest BCUT2D eigenvalue weighted by Crippen LogP contribution is 2.35. The smallest absolute Gasteiger partial charge is 0.245 e. The summed E-state index contributed by atoms with van der Waals surface area (Å²) in [4.78, 5) is 65.9. The van der Waals surface area contributed by atoms with Gasteiger partial charge in [0.1, 0.15) is 23.7 Å². The number of hydrogen-bond acceptors (Lipinski definition) is 7. The lowest BCUT2D eigenvalue weighted by atomic mass is 10.0. The Kier molecular flexibility index (Phi) is 10.7. The van der Waals surface area contributed by atoms with Gasteiger partial charge in [-0.15, -0.1) is 0 Å². The van der Waals surface area contributed by atoms with E-state index >= 15 is 0 Å². The second-order valence-corrected chi connectivity index (χ2v) is 14.6. The molecule has 1 fully saturated rings. The van der Waals surface area contributed by atoms with Crippen LogP contribution < -0.4 is 0 Å². The van der Waals surface area contributed by atoms with E-state index in [1.165, 1.54) is 0 Å². The first-order chi connectivity index (χ1) is 26.1. The Morgan fingerprint density at radius 2 is 1.33 bits per heavy atom. The lowest BCUT2D eigenvalue weighted by Gasteiger charge is -2.31. The number of benzene rings is 4. The van der Waals surface area contributed by atoms with Gasteiger partial charge in [0.25, 0.3) is 0 Å². The molecule has 2 aromatic heterocycles. The molecule has 0 spiro atoms. The van der Waals surface area contributed by atoms with Gasteiger partial charge in [-0.1, -0.05) is 67.6 Å². The maximum Gasteiger partial charge on any atom is 0.245 e. The van der Waals surface area contributed by atoms with Crippen LogP contribution in [0.1, 0.15) is 83.0 Å². The van der Waals surface area contributed by atoms with Crippen molar-refractivity contribution in [3.8, 4) is 0 Å². The number of carbonyl (C=O) groups is 3. The summed E-state index contributed by atoms with van der Waals surface area (Å²) in [5, 5.41) is 0. The lowest BCUT2D eigenvalue weighted by molar-refractivity contribution is -0.138. The molecule has 1 aliphatic heterocycles. The average molecular weight is 725 g/mol. The molecular formula is C43H48N8O3. The van der Waals surface area contributed by atoms with Gasteiger partial charge in [-0.25, -0.2) is 9.97 Å². The fourth-order valence-electron chi connectivity index (χ4n) is 7.73. The number of hydrogen-bond donors (Lipinski definition) is 2. The van der Waals surface area contributed by atoms with E-state index in [-0.39, 0.29) is 23.6 Å². The van der Waals surface area contributed by atoms with Crippen molar-refractivity contribution in [3.05, 3.63) is 131 Å². The van der Waals surface area contributed by atoms with E-state index in [0.717, 1.165) is 58.3 Å². The molecule has 1 aliphatic rings. The van der Waals surface area contributed by atoms with Crippen LogP contribution in [0.5, 0.6) is 0 Å². The Morgan fingerprint density at radius 1 is 0.759 bits per heavy atom. The minimum atomic E-state index is -0.413. The van der Waals surface area contributed by atoms with Crippen LogP contribution in [0.25, 0.3) is 22.1 Å². The first-order valence-corrected chi connectivity index (χ1v) is 18.7. The van der Waals surface area contributed by atoms with Gasteiger partial charge in [-0.2, -0.15) is 0 Å². The number of H-pyrrole nitrogens is 2. The highest BCUT2D eigenvalue weighted by molar-refractivity contribution is 6.11. The molecule has 0 radical (unpaired) electrons. The Labute approximate surface area is 316 Å². The summed E-state index contributed by atoms with van der Waals surface area (Å²) in [7, 11) is 7.70. The summed E-state index contributed by atoms with van der Waals surface area (Å²) in [5.74, 6) is 1.33. The number of carbonyl (C=O) groups excluding carboxylic acids is 3. The predicted octanol–water partition coefficient (Wildman–Crippen LogP) is 6.68. The van der Waals surface area contributed by atoms with Gasteiger partial charge in [-0.3, -0.25) is 24.2 Å². The SMILES string of the molecule is CCCN(Cc1nc2ccc(C(=O)c3ccc4nc([C@@H]5CCCN5C(=O)[C@@H](c5ccccc5)N(C)C)[nH]c4c3)cc2[nH]1)C(=O)[C@@H](c1ccccc1)N(C)C. The van der Waals surface area contributed by atoms with E-state index in [9.17, 15) is 14.4 Å². The summed E-state index contributed by atoms with van der Waals surface area (Å²) < 4.78 is 0. The highest BCUT2D eigenvalue weighted by Gasteiger charge is 2.37. The number of aromatic amines is 2. The van der Waals surface area contributed by atoms with E-state index in [1.807, 2.05) is 133 Å². The van der Waals surface area contributed by atoms with Gasteiger partial charge < -0.3 is 19.8 Å². The van der Waals surface area contributed by atoms with Crippen LogP contribution in [-0.2, 0) is 16.1 Å². The molecule has 278 valence electrons. The van der Waals surface area contributed by atoms with Crippen molar-refractivity contribution in [3.63, 3.8) is 0 Å². The van der Waals surface area contributed by atoms with Crippen molar-refractivity contribution in [2.24, 2.45) is 0 Å². The first kappa shape index (κ1) is 36.7. The summed E-state index contributed by atoms with van der Waals surface area (Å²) in [6.45, 7) is 3.64. The number of nitrogens with zero attached hydrogens (tertiary/aromatic N) is 6. The lowest BCUT2D eigenvalue weighted by Crippen LogP contribution is -2.40. The zero-order valence-electron chi connectivity index (χ0n) is 31.6. The van der Waals surface area contributed by atoms with E-state index < -0.39 is 12.1 Å². The van der Waals surface area contributed by atoms with Gasteiger partial charge in [0.2, 0.25) is 11.8 Å². The molecular weight excluding hydrogens is 677 g/mol. The van der Waals surface area contributed by atoms with Crippen LogP contribution in [0.2, 0.25) is 0 Å². The number of likely N-dealkylation sites (tertiary alicyclic amines) is 1. The quantitative estimate of drug-likeness (QED) is 0.128. The standard InChI is InChI=1S/C43H48N8O3/c1-6-23-50(42(53)38(48(2)3)28-14-9-7-10-15-28)27-37-44-32-21-19-30(25-34(32)45-37)40(52)31-20-22-33-35(26-31)47-41(46-33)36-18-13-24-51(36)43(54)39(49(4)5)29-16-11-8-12-17-29/h7-12,14-17,19-22,25-26,36,38-39H,6,13,18,23-24,27H2,1-5H3,(H,44,45)(H,46,47)/t36-,38+,39+/m0/s1. The molecule has 11 heteroatoms. The molecule has 6 aromatic rings. The normalized spacial score (nSPS) is 15.7. The summed E-state index contributed by atoms with van der Waals surface area (Å²) in [6.07, 6.45) is 2.51. The van der Waals surface area contributed by atoms with Gasteiger partial charge in [-0.05, 0) is 95.0 Å². The zero-order valence-corrected chi connectivity index (χ0v) is 31.6. The van der Waals surface area contributed by atoms with E-state index in [0.29, 0.717) is 36.6 Å². The molecule has 3 heterocycles. The van der Waals surface area contributed by atoms with Crippen LogP contribution in [-0.4, -0.2) is 98.4 Å². The van der Waals surface area contributed by atoms with Crippen molar-refractivity contribution >= 4 is 39.7 Å². The highest BCUT2D eigenvalue weighted by atomic mass is 16.2. The number of imidazole rings is 2. The maximum absolute atomic E-state index is 14.0. The largest absolute Gasteiger partial charge is 0.340 e. The van der Waals surface area contributed by atoms with Crippen molar-refractivity contribution in [2.45, 2.75) is 50.9 Å². The topological polar surface area (TPSA) is 122 Å². The molecule has 3 atom stereocenters. The number of aromatic nitrogens is 4. The third kappa shape index (κ3) is 7.42. The average Bonchev–Trinajstić information content (AvgIpc) is 3.92. The molecule has 0 bridgehead atoms. The van der Waals surface area contributed by atoms with Gasteiger partial charge in [0, 0.05) is 24.2 Å². The van der Waals surface area contributed by atoms with E-state index in [1.54, 1.807) is 12.1 Å². The fraction of sp³-hybridized carbons (Fsp3) is 0.326. The first-order valence-electron chi connectivity index (χ1n) is 18.7. The minimum Gasteiger partial charge on any atom is -0.340 e. The Hall–Kier alpha value is -5.65. The van der Waals surface area contributed by atoms with Crippen LogP contribution in [0.15, 0.2) is 97.1 Å². The number of fused-ring (bicyclic) bond motifs is 2. The number of ketones is 1. The third-order valence-corrected chi connectivity index (χ3v) is 10.3. The second-order valence-electron chi connectivity index (χ2n) is 14.6. The molecule has 2 N–H and O–H groups in total. The molecule has 7 rings (SSSR count).